The number of aromatic nitrogens is 2. The van der Waals surface area contributed by atoms with Gasteiger partial charge in [-0.1, -0.05) is 25.1 Å². The van der Waals surface area contributed by atoms with Crippen molar-refractivity contribution in [3.63, 3.8) is 0 Å². The number of halogens is 3. The van der Waals surface area contributed by atoms with Gasteiger partial charge in [0.15, 0.2) is 5.69 Å². The molecule has 6 rings (SSSR count). The number of carbonyl (C=O) groups excluding carboxylic acids is 3. The van der Waals surface area contributed by atoms with Gasteiger partial charge in [0, 0.05) is 5.69 Å². The highest BCUT2D eigenvalue weighted by Crippen LogP contribution is 2.51. The summed E-state index contributed by atoms with van der Waals surface area (Å²) in [5, 5.41) is 15.4. The Labute approximate surface area is 241 Å². The Kier molecular flexibility index (Phi) is 6.96. The number of urea groups is 1. The number of aryl methyl sites for hydroxylation is 1. The van der Waals surface area contributed by atoms with Crippen LogP contribution in [0.1, 0.15) is 66.8 Å². The third-order valence-corrected chi connectivity index (χ3v) is 9.54. The van der Waals surface area contributed by atoms with Crippen molar-refractivity contribution in [2.45, 2.75) is 83.1 Å². The van der Waals surface area contributed by atoms with E-state index < -0.39 is 42.3 Å². The van der Waals surface area contributed by atoms with Crippen molar-refractivity contribution in [1.29, 1.82) is 0 Å². The van der Waals surface area contributed by atoms with E-state index in [1.807, 2.05) is 26.0 Å². The lowest BCUT2D eigenvalue weighted by Crippen LogP contribution is -2.55. The number of alkyl halides is 3. The summed E-state index contributed by atoms with van der Waals surface area (Å²) < 4.78 is 45.0. The maximum absolute atomic E-state index is 13.8. The molecular weight excluding hydrogens is 553 g/mol. The number of hydrogen-bond donors (Lipinski definition) is 3. The largest absolute Gasteiger partial charge is 0.410 e. The van der Waals surface area contributed by atoms with Gasteiger partial charge >= 0.3 is 12.2 Å². The minimum absolute atomic E-state index is 0.00684. The Morgan fingerprint density at radius 2 is 1.76 bits per heavy atom. The minimum Gasteiger partial charge on any atom is -0.338 e. The molecule has 4 amide bonds. The molecule has 13 heteroatoms. The van der Waals surface area contributed by atoms with E-state index in [4.69, 9.17) is 0 Å². The lowest BCUT2D eigenvalue weighted by Gasteiger charge is -2.41. The van der Waals surface area contributed by atoms with Crippen LogP contribution in [0.25, 0.3) is 0 Å². The molecule has 10 nitrogen and oxygen atoms in total. The average Bonchev–Trinajstić information content (AvgIpc) is 3.82. The first-order chi connectivity index (χ1) is 19.9. The van der Waals surface area contributed by atoms with Crippen molar-refractivity contribution in [2.24, 2.45) is 23.7 Å². The second kappa shape index (κ2) is 10.3. The van der Waals surface area contributed by atoms with E-state index in [2.05, 4.69) is 30.9 Å². The van der Waals surface area contributed by atoms with Gasteiger partial charge < -0.3 is 20.9 Å². The molecule has 2 aromatic rings. The maximum atomic E-state index is 13.8. The van der Waals surface area contributed by atoms with Crippen LogP contribution in [-0.2, 0) is 17.6 Å². The summed E-state index contributed by atoms with van der Waals surface area (Å²) in [6.45, 7) is 5.00. The summed E-state index contributed by atoms with van der Waals surface area (Å²) in [6.07, 6.45) is 0.316. The molecule has 42 heavy (non-hydrogen) atoms. The minimum atomic E-state index is -4.53. The van der Waals surface area contributed by atoms with Crippen LogP contribution in [0.5, 0.6) is 0 Å². The molecule has 2 unspecified atom stereocenters. The molecule has 2 heterocycles. The summed E-state index contributed by atoms with van der Waals surface area (Å²) >= 11 is 0. The predicted molar refractivity (Wildman–Crippen MR) is 144 cm³/mol. The Hall–Kier alpha value is -3.64. The molecule has 226 valence electrons. The maximum Gasteiger partial charge on any atom is 0.410 e. The molecule has 3 fully saturated rings. The van der Waals surface area contributed by atoms with Crippen LogP contribution in [0.2, 0.25) is 0 Å². The van der Waals surface area contributed by atoms with E-state index in [-0.39, 0.29) is 23.4 Å². The van der Waals surface area contributed by atoms with Gasteiger partial charge in [-0.2, -0.15) is 13.2 Å². The van der Waals surface area contributed by atoms with E-state index in [1.54, 1.807) is 13.0 Å². The molecule has 3 N–H and O–H groups in total. The van der Waals surface area contributed by atoms with Crippen LogP contribution in [0.4, 0.5) is 23.7 Å². The van der Waals surface area contributed by atoms with E-state index >= 15 is 0 Å². The fourth-order valence-electron chi connectivity index (χ4n) is 6.88. The third-order valence-electron chi connectivity index (χ3n) is 9.54. The molecule has 2 saturated carbocycles. The number of rotatable bonds is 9. The van der Waals surface area contributed by atoms with Crippen molar-refractivity contribution in [3.05, 3.63) is 40.7 Å². The standard InChI is InChI=1S/C29H35F3N6O4/c1-14(2)28(38-13-21(29(30,31)32)34-27(38)41)11-18-8-9-20(10-19(18)12-28)33-26(40)24(22(16-4-5-16)17-6-7-17)35-25(39)23-15(3)36-42-37-23/h8-10,14,16-17,21-22,24H,4-7,11-13H2,1-3H3,(H,33,40)(H,34,41)(H,35,39)/t21?,24-,28?/m0/s1. The van der Waals surface area contributed by atoms with E-state index in [1.165, 1.54) is 4.90 Å². The van der Waals surface area contributed by atoms with Crippen molar-refractivity contribution >= 4 is 23.5 Å². The number of nitrogens with one attached hydrogen (secondary N) is 3. The molecule has 1 aromatic carbocycles. The summed E-state index contributed by atoms with van der Waals surface area (Å²) in [6, 6.07) is 2.07. The predicted octanol–water partition coefficient (Wildman–Crippen LogP) is 4.00. The van der Waals surface area contributed by atoms with Gasteiger partial charge in [0.2, 0.25) is 5.91 Å². The first-order valence-corrected chi connectivity index (χ1v) is 14.5. The Morgan fingerprint density at radius 3 is 2.31 bits per heavy atom. The number of amides is 4. The highest BCUT2D eigenvalue weighted by atomic mass is 19.4. The van der Waals surface area contributed by atoms with Gasteiger partial charge in [0.25, 0.3) is 5.91 Å². The quantitative estimate of drug-likeness (QED) is 0.406. The van der Waals surface area contributed by atoms with Gasteiger partial charge in [0.05, 0.1) is 12.1 Å². The van der Waals surface area contributed by atoms with Gasteiger partial charge in [-0.05, 0) is 97.5 Å². The highest BCUT2D eigenvalue weighted by molar-refractivity contribution is 6.01. The number of fused-ring (bicyclic) bond motifs is 1. The number of anilines is 1. The average molecular weight is 589 g/mol. The molecule has 0 radical (unpaired) electrons. The molecule has 4 aliphatic rings. The van der Waals surface area contributed by atoms with Gasteiger partial charge in [-0.15, -0.1) is 0 Å². The van der Waals surface area contributed by atoms with Crippen molar-refractivity contribution in [3.8, 4) is 0 Å². The van der Waals surface area contributed by atoms with Crippen molar-refractivity contribution in [1.82, 2.24) is 25.8 Å². The fraction of sp³-hybridized carbons (Fsp3) is 0.621. The molecule has 0 spiro atoms. The van der Waals surface area contributed by atoms with E-state index in [0.717, 1.165) is 36.8 Å². The van der Waals surface area contributed by atoms with E-state index in [9.17, 15) is 27.6 Å². The number of benzene rings is 1. The lowest BCUT2D eigenvalue weighted by atomic mass is 9.81. The second-order valence-electron chi connectivity index (χ2n) is 12.6. The van der Waals surface area contributed by atoms with Crippen molar-refractivity contribution in [2.75, 3.05) is 11.9 Å². The van der Waals surface area contributed by atoms with Crippen LogP contribution in [-0.4, -0.2) is 63.4 Å². The Morgan fingerprint density at radius 1 is 1.10 bits per heavy atom. The van der Waals surface area contributed by atoms with Crippen LogP contribution in [0.3, 0.4) is 0 Å². The first-order valence-electron chi connectivity index (χ1n) is 14.5. The SMILES string of the molecule is Cc1nonc1C(=O)N[C@H](C(=O)Nc1ccc2c(c1)CC(C(C)C)(N1CC(C(F)(F)F)NC1=O)C2)C(C1CC1)C1CC1. The number of nitrogens with zero attached hydrogens (tertiary/aromatic N) is 3. The van der Waals surface area contributed by atoms with Crippen LogP contribution in [0, 0.1) is 30.6 Å². The van der Waals surface area contributed by atoms with E-state index in [0.29, 0.717) is 36.1 Å². The van der Waals surface area contributed by atoms with Gasteiger partial charge in [-0.25, -0.2) is 9.42 Å². The zero-order valence-electron chi connectivity index (χ0n) is 23.8. The zero-order chi connectivity index (χ0) is 30.0. The topological polar surface area (TPSA) is 129 Å². The number of carbonyl (C=O) groups is 3. The van der Waals surface area contributed by atoms with Gasteiger partial charge in [-0.3, -0.25) is 9.59 Å². The van der Waals surface area contributed by atoms with Crippen LogP contribution >= 0.6 is 0 Å². The fourth-order valence-corrected chi connectivity index (χ4v) is 6.88. The smallest absolute Gasteiger partial charge is 0.338 e. The van der Waals surface area contributed by atoms with Gasteiger partial charge in [0.1, 0.15) is 17.8 Å². The van der Waals surface area contributed by atoms with Crippen molar-refractivity contribution < 1.29 is 32.2 Å². The molecule has 1 aromatic heterocycles. The Balaban J connectivity index is 1.22. The highest BCUT2D eigenvalue weighted by Gasteiger charge is 2.55. The zero-order valence-corrected chi connectivity index (χ0v) is 23.8. The molecule has 1 saturated heterocycles. The monoisotopic (exact) mass is 588 g/mol. The molecular formula is C29H35F3N6O4. The summed E-state index contributed by atoms with van der Waals surface area (Å²) in [5.41, 5.74) is 1.88. The Bertz CT molecular complexity index is 1390. The van der Waals surface area contributed by atoms with Crippen LogP contribution < -0.4 is 16.0 Å². The second-order valence-corrected chi connectivity index (χ2v) is 12.6. The summed E-state index contributed by atoms with van der Waals surface area (Å²) in [7, 11) is 0. The molecule has 0 bridgehead atoms. The third kappa shape index (κ3) is 5.22. The molecule has 3 aliphatic carbocycles. The molecule has 1 aliphatic heterocycles. The lowest BCUT2D eigenvalue weighted by molar-refractivity contribution is -0.151. The number of hydrogen-bond acceptors (Lipinski definition) is 6. The summed E-state index contributed by atoms with van der Waals surface area (Å²) in [4.78, 5) is 40.9. The first kappa shape index (κ1) is 28.5. The normalized spacial score (nSPS) is 24.6. The van der Waals surface area contributed by atoms with Crippen LogP contribution in [0.15, 0.2) is 22.8 Å². The summed E-state index contributed by atoms with van der Waals surface area (Å²) in [5.74, 6) is -0.231. The molecule has 3 atom stereocenters.